The monoisotopic (exact) mass is 400 g/mol. The van der Waals surface area contributed by atoms with Gasteiger partial charge in [-0.1, -0.05) is 22.0 Å². The van der Waals surface area contributed by atoms with Crippen molar-refractivity contribution >= 4 is 45.7 Å². The first-order valence-corrected chi connectivity index (χ1v) is 8.20. The maximum atomic E-state index is 12.6. The molecule has 126 valence electrons. The summed E-state index contributed by atoms with van der Waals surface area (Å²) in [7, 11) is 0. The molecule has 1 aromatic carbocycles. The molecule has 8 heteroatoms. The van der Waals surface area contributed by atoms with Gasteiger partial charge >= 0.3 is 6.03 Å². The van der Waals surface area contributed by atoms with Gasteiger partial charge in [-0.2, -0.15) is 0 Å². The normalized spacial score (nSPS) is 17.9. The fourth-order valence-electron chi connectivity index (χ4n) is 2.30. The molecule has 1 aliphatic rings. The fraction of sp³-hybridized carbons (Fsp3) is 0.118. The Bertz CT molecular complexity index is 837. The lowest BCUT2D eigenvalue weighted by molar-refractivity contribution is -0.131. The second-order valence-electron chi connectivity index (χ2n) is 5.23. The number of carbonyl (C=O) groups excluding carboxylic acids is 3. The average Bonchev–Trinajstić information content (AvgIpc) is 2.60. The van der Waals surface area contributed by atoms with Gasteiger partial charge < -0.3 is 0 Å². The molecule has 0 bridgehead atoms. The summed E-state index contributed by atoms with van der Waals surface area (Å²) in [4.78, 5) is 45.8. The molecule has 2 aromatic rings. The molecule has 25 heavy (non-hydrogen) atoms. The summed E-state index contributed by atoms with van der Waals surface area (Å²) in [5.41, 5.74) is 1.09. The molecule has 0 unspecified atom stereocenters. The van der Waals surface area contributed by atoms with Gasteiger partial charge in [-0.25, -0.2) is 9.69 Å². The Labute approximate surface area is 151 Å². The lowest BCUT2D eigenvalue weighted by Crippen LogP contribution is -2.58. The number of anilines is 1. The first kappa shape index (κ1) is 17.0. The van der Waals surface area contributed by atoms with E-state index in [-0.39, 0.29) is 6.54 Å². The van der Waals surface area contributed by atoms with E-state index in [1.54, 1.807) is 42.6 Å². The molecule has 1 aliphatic heterocycles. The van der Waals surface area contributed by atoms with E-state index >= 15 is 0 Å². The van der Waals surface area contributed by atoms with Crippen molar-refractivity contribution in [2.24, 2.45) is 10.9 Å². The van der Waals surface area contributed by atoms with Crippen LogP contribution >= 0.6 is 15.9 Å². The minimum absolute atomic E-state index is 0.240. The zero-order valence-corrected chi connectivity index (χ0v) is 14.5. The molecule has 0 spiro atoms. The predicted molar refractivity (Wildman–Crippen MR) is 95.1 cm³/mol. The minimum atomic E-state index is -1.16. The zero-order valence-electron chi connectivity index (χ0n) is 12.9. The molecular formula is C17H13BrN4O3. The Balaban J connectivity index is 1.79. The van der Waals surface area contributed by atoms with Crippen LogP contribution in [0.5, 0.6) is 0 Å². The smallest absolute Gasteiger partial charge is 0.290 e. The molecule has 4 amide bonds. The number of carbonyl (C=O) groups is 3. The maximum Gasteiger partial charge on any atom is 0.335 e. The van der Waals surface area contributed by atoms with E-state index in [9.17, 15) is 14.4 Å². The number of nitrogens with one attached hydrogen (secondary N) is 1. The zero-order chi connectivity index (χ0) is 17.8. The number of barbiturate groups is 1. The first-order chi connectivity index (χ1) is 12.1. The number of aromatic nitrogens is 1. The molecule has 1 atom stereocenters. The quantitative estimate of drug-likeness (QED) is 0.629. The second-order valence-corrected chi connectivity index (χ2v) is 6.15. The van der Waals surface area contributed by atoms with E-state index in [4.69, 9.17) is 0 Å². The van der Waals surface area contributed by atoms with E-state index < -0.39 is 23.8 Å². The van der Waals surface area contributed by atoms with Crippen molar-refractivity contribution in [3.63, 3.8) is 0 Å². The van der Waals surface area contributed by atoms with Crippen molar-refractivity contribution in [2.45, 2.75) is 6.54 Å². The maximum absolute atomic E-state index is 12.6. The van der Waals surface area contributed by atoms with E-state index in [1.165, 1.54) is 6.21 Å². The number of hydrogen-bond donors (Lipinski definition) is 1. The van der Waals surface area contributed by atoms with Gasteiger partial charge in [-0.3, -0.25) is 24.9 Å². The molecule has 3 rings (SSSR count). The Morgan fingerprint density at radius 3 is 2.60 bits per heavy atom. The van der Waals surface area contributed by atoms with Gasteiger partial charge in [-0.15, -0.1) is 0 Å². The predicted octanol–water partition coefficient (Wildman–Crippen LogP) is 2.31. The third kappa shape index (κ3) is 3.80. The summed E-state index contributed by atoms with van der Waals surface area (Å²) < 4.78 is 0.811. The van der Waals surface area contributed by atoms with Crippen molar-refractivity contribution in [3.8, 4) is 0 Å². The Kier molecular flexibility index (Phi) is 4.99. The molecule has 1 saturated heterocycles. The number of hydrogen-bond acceptors (Lipinski definition) is 5. The minimum Gasteiger partial charge on any atom is -0.290 e. The molecule has 1 aromatic heterocycles. The van der Waals surface area contributed by atoms with Gasteiger partial charge in [0.05, 0.1) is 17.9 Å². The summed E-state index contributed by atoms with van der Waals surface area (Å²) in [5, 5.41) is 2.18. The van der Waals surface area contributed by atoms with Crippen molar-refractivity contribution < 1.29 is 14.4 Å². The summed E-state index contributed by atoms with van der Waals surface area (Å²) in [6, 6.07) is 11.3. The topological polar surface area (TPSA) is 91.7 Å². The Hall–Kier alpha value is -2.87. The summed E-state index contributed by atoms with van der Waals surface area (Å²) in [6.07, 6.45) is 2.89. The summed E-state index contributed by atoms with van der Waals surface area (Å²) >= 11 is 3.29. The van der Waals surface area contributed by atoms with Crippen molar-refractivity contribution in [1.29, 1.82) is 0 Å². The van der Waals surface area contributed by atoms with E-state index in [0.29, 0.717) is 11.4 Å². The third-order valence-corrected chi connectivity index (χ3v) is 4.05. The van der Waals surface area contributed by atoms with Gasteiger partial charge in [0.25, 0.3) is 5.91 Å². The van der Waals surface area contributed by atoms with Gasteiger partial charge in [-0.05, 0) is 36.4 Å². The number of halogens is 1. The highest BCUT2D eigenvalue weighted by Gasteiger charge is 2.40. The molecule has 0 saturated carbocycles. The van der Waals surface area contributed by atoms with Crippen molar-refractivity contribution in [3.05, 3.63) is 58.8 Å². The number of urea groups is 1. The van der Waals surface area contributed by atoms with Crippen molar-refractivity contribution in [2.75, 3.05) is 4.90 Å². The SMILES string of the molecule is O=C1NC(=O)N(c2ccc(Br)cc2)C(=O)[C@@H]1C=NCc1ccccn1. The fourth-order valence-corrected chi connectivity index (χ4v) is 2.56. The summed E-state index contributed by atoms with van der Waals surface area (Å²) in [6.45, 7) is 0.240. The van der Waals surface area contributed by atoms with Crippen LogP contribution in [-0.2, 0) is 16.1 Å². The molecule has 0 radical (unpaired) electrons. The lowest BCUT2D eigenvalue weighted by atomic mass is 10.1. The number of benzene rings is 1. The van der Waals surface area contributed by atoms with Gasteiger partial charge in [0.2, 0.25) is 5.91 Å². The summed E-state index contributed by atoms with van der Waals surface area (Å²) in [5.74, 6) is -2.49. The Morgan fingerprint density at radius 2 is 1.92 bits per heavy atom. The first-order valence-electron chi connectivity index (χ1n) is 7.40. The highest BCUT2D eigenvalue weighted by Crippen LogP contribution is 2.22. The lowest BCUT2D eigenvalue weighted by Gasteiger charge is -2.28. The molecule has 1 N–H and O–H groups in total. The van der Waals surface area contributed by atoms with Crippen LogP contribution in [0.25, 0.3) is 0 Å². The molecule has 2 heterocycles. The van der Waals surface area contributed by atoms with Crippen LogP contribution in [-0.4, -0.2) is 29.0 Å². The van der Waals surface area contributed by atoms with Gasteiger partial charge in [0.15, 0.2) is 5.92 Å². The highest BCUT2D eigenvalue weighted by molar-refractivity contribution is 9.10. The van der Waals surface area contributed by atoms with Crippen LogP contribution in [0.3, 0.4) is 0 Å². The van der Waals surface area contributed by atoms with Crippen LogP contribution < -0.4 is 10.2 Å². The number of imide groups is 2. The largest absolute Gasteiger partial charge is 0.335 e. The number of pyridine rings is 1. The number of aliphatic imine (C=N–C) groups is 1. The van der Waals surface area contributed by atoms with Crippen LogP contribution in [0.4, 0.5) is 10.5 Å². The van der Waals surface area contributed by atoms with E-state index in [2.05, 4.69) is 31.2 Å². The number of amides is 4. The second kappa shape index (κ2) is 7.35. The van der Waals surface area contributed by atoms with E-state index in [0.717, 1.165) is 9.37 Å². The molecule has 1 fully saturated rings. The molecule has 0 aliphatic carbocycles. The highest BCUT2D eigenvalue weighted by atomic mass is 79.9. The van der Waals surface area contributed by atoms with Crippen LogP contribution in [0.1, 0.15) is 5.69 Å². The Morgan fingerprint density at radius 1 is 1.16 bits per heavy atom. The molecule has 7 nitrogen and oxygen atoms in total. The van der Waals surface area contributed by atoms with Crippen molar-refractivity contribution in [1.82, 2.24) is 10.3 Å². The number of rotatable bonds is 4. The van der Waals surface area contributed by atoms with Gasteiger partial charge in [0, 0.05) is 16.9 Å². The van der Waals surface area contributed by atoms with Crippen LogP contribution in [0.2, 0.25) is 0 Å². The standard InChI is InChI=1S/C17H13BrN4O3/c18-11-4-6-13(7-5-11)22-16(24)14(15(23)21-17(22)25)10-19-9-12-3-1-2-8-20-12/h1-8,10,14H,9H2,(H,21,23,25)/t14-/m1/s1. The van der Waals surface area contributed by atoms with Crippen LogP contribution in [0.15, 0.2) is 58.1 Å². The molecular weight excluding hydrogens is 388 g/mol. The third-order valence-electron chi connectivity index (χ3n) is 3.52. The van der Waals surface area contributed by atoms with E-state index in [1.807, 2.05) is 6.07 Å². The van der Waals surface area contributed by atoms with Crippen LogP contribution in [0, 0.1) is 5.92 Å². The van der Waals surface area contributed by atoms with Gasteiger partial charge in [0.1, 0.15) is 0 Å². The number of nitrogens with zero attached hydrogens (tertiary/aromatic N) is 3. The average molecular weight is 401 g/mol.